The van der Waals surface area contributed by atoms with E-state index in [1.807, 2.05) is 11.4 Å². The van der Waals surface area contributed by atoms with Crippen LogP contribution in [0.3, 0.4) is 0 Å². The Morgan fingerprint density at radius 3 is 2.75 bits per heavy atom. The summed E-state index contributed by atoms with van der Waals surface area (Å²) in [7, 11) is 3.09. The molecule has 0 unspecified atom stereocenters. The van der Waals surface area contributed by atoms with E-state index in [2.05, 4.69) is 20.8 Å². The lowest BCUT2D eigenvalue weighted by atomic mass is 10.2. The molecule has 2 aromatic heterocycles. The topological polar surface area (TPSA) is 98.5 Å². The van der Waals surface area contributed by atoms with Gasteiger partial charge in [0.05, 0.1) is 24.8 Å². The Hall–Kier alpha value is -3.07. The summed E-state index contributed by atoms with van der Waals surface area (Å²) in [5.41, 5.74) is 0.566. The lowest BCUT2D eigenvalue weighted by molar-refractivity contribution is 0.261. The molecule has 0 aliphatic heterocycles. The fraction of sp³-hybridized carbons (Fsp3) is 0.133. The minimum atomic E-state index is -0.467. The molecule has 0 saturated carbocycles. The first kappa shape index (κ1) is 15.8. The largest absolute Gasteiger partial charge is 0.497 e. The van der Waals surface area contributed by atoms with Gasteiger partial charge in [0.15, 0.2) is 0 Å². The number of aromatic nitrogens is 2. The average Bonchev–Trinajstić information content (AvgIpc) is 3.26. The highest BCUT2D eigenvalue weighted by atomic mass is 32.1. The Morgan fingerprint density at radius 1 is 1.17 bits per heavy atom. The highest BCUT2D eigenvalue weighted by Crippen LogP contribution is 2.33. The molecule has 0 aliphatic carbocycles. The van der Waals surface area contributed by atoms with E-state index in [0.29, 0.717) is 22.1 Å². The van der Waals surface area contributed by atoms with Gasteiger partial charge in [-0.15, -0.1) is 16.4 Å². The Kier molecular flexibility index (Phi) is 4.62. The van der Waals surface area contributed by atoms with Crippen LogP contribution in [0.25, 0.3) is 11.5 Å². The number of hydrogen-bond donors (Lipinski definition) is 2. The molecule has 0 fully saturated rings. The number of methoxy groups -OCH3 is 2. The quantitative estimate of drug-likeness (QED) is 0.734. The summed E-state index contributed by atoms with van der Waals surface area (Å²) in [6, 6.07) is 8.32. The fourth-order valence-corrected chi connectivity index (χ4v) is 2.57. The molecule has 2 N–H and O–H groups in total. The van der Waals surface area contributed by atoms with E-state index < -0.39 is 6.03 Å². The van der Waals surface area contributed by atoms with Crippen molar-refractivity contribution >= 4 is 28.4 Å². The smallest absolute Gasteiger partial charge is 0.327 e. The number of amides is 2. The number of urea groups is 1. The van der Waals surface area contributed by atoms with Gasteiger partial charge < -0.3 is 13.9 Å². The number of anilines is 2. The number of benzene rings is 1. The second-order valence-corrected chi connectivity index (χ2v) is 5.48. The molecule has 0 spiro atoms. The van der Waals surface area contributed by atoms with Gasteiger partial charge in [0.25, 0.3) is 5.89 Å². The van der Waals surface area contributed by atoms with E-state index in [1.54, 1.807) is 31.4 Å². The van der Waals surface area contributed by atoms with Crippen molar-refractivity contribution < 1.29 is 18.7 Å². The number of hydrogen-bond acceptors (Lipinski definition) is 7. The van der Waals surface area contributed by atoms with Crippen LogP contribution < -0.4 is 20.1 Å². The molecule has 2 amide bonds. The summed E-state index contributed by atoms with van der Waals surface area (Å²) >= 11 is 1.40. The number of rotatable bonds is 5. The Balaban J connectivity index is 1.77. The van der Waals surface area contributed by atoms with Crippen LogP contribution in [0.2, 0.25) is 0 Å². The molecular weight excluding hydrogens is 332 g/mol. The number of nitrogens with one attached hydrogen (secondary N) is 2. The summed E-state index contributed by atoms with van der Waals surface area (Å²) in [6.07, 6.45) is 0. The normalized spacial score (nSPS) is 10.2. The fourth-order valence-electron chi connectivity index (χ4n) is 1.95. The van der Waals surface area contributed by atoms with Crippen molar-refractivity contribution in [3.8, 4) is 23.0 Å². The zero-order valence-electron chi connectivity index (χ0n) is 12.9. The molecule has 9 heteroatoms. The number of carbonyl (C=O) groups excluding carboxylic acids is 1. The predicted molar refractivity (Wildman–Crippen MR) is 89.8 cm³/mol. The minimum absolute atomic E-state index is 0.0241. The lowest BCUT2D eigenvalue weighted by Crippen LogP contribution is -2.18. The maximum absolute atomic E-state index is 11.9. The van der Waals surface area contributed by atoms with Crippen molar-refractivity contribution in [1.29, 1.82) is 0 Å². The maximum Gasteiger partial charge on any atom is 0.327 e. The first-order valence-corrected chi connectivity index (χ1v) is 7.75. The van der Waals surface area contributed by atoms with Crippen LogP contribution in [0.15, 0.2) is 40.1 Å². The van der Waals surface area contributed by atoms with Crippen LogP contribution in [0.4, 0.5) is 15.8 Å². The van der Waals surface area contributed by atoms with E-state index >= 15 is 0 Å². The van der Waals surface area contributed by atoms with E-state index in [0.717, 1.165) is 0 Å². The highest BCUT2D eigenvalue weighted by molar-refractivity contribution is 7.14. The third-order valence-electron chi connectivity index (χ3n) is 3.04. The molecule has 24 heavy (non-hydrogen) atoms. The number of carbonyl (C=O) groups is 1. The van der Waals surface area contributed by atoms with Gasteiger partial charge in [-0.2, -0.15) is 0 Å². The van der Waals surface area contributed by atoms with Crippen molar-refractivity contribution in [1.82, 2.24) is 10.2 Å². The number of ether oxygens (including phenoxy) is 2. The van der Waals surface area contributed by atoms with E-state index in [4.69, 9.17) is 13.9 Å². The van der Waals surface area contributed by atoms with Crippen LogP contribution >= 0.6 is 11.3 Å². The summed E-state index contributed by atoms with van der Waals surface area (Å²) in [5, 5.41) is 15.4. The van der Waals surface area contributed by atoms with Gasteiger partial charge in [-0.1, -0.05) is 5.10 Å². The summed E-state index contributed by atoms with van der Waals surface area (Å²) in [5.74, 6) is 1.38. The molecule has 0 bridgehead atoms. The van der Waals surface area contributed by atoms with Crippen molar-refractivity contribution in [2.24, 2.45) is 0 Å². The summed E-state index contributed by atoms with van der Waals surface area (Å²) in [4.78, 5) is 11.9. The van der Waals surface area contributed by atoms with Crippen molar-refractivity contribution in [3.63, 3.8) is 0 Å². The van der Waals surface area contributed by atoms with Crippen molar-refractivity contribution in [2.75, 3.05) is 24.9 Å². The molecule has 0 saturated heterocycles. The van der Waals surface area contributed by atoms with Crippen LogP contribution in [-0.4, -0.2) is 30.4 Å². The lowest BCUT2D eigenvalue weighted by Gasteiger charge is -2.07. The molecule has 124 valence electrons. The van der Waals surface area contributed by atoms with Crippen LogP contribution in [0, 0.1) is 0 Å². The van der Waals surface area contributed by atoms with Crippen molar-refractivity contribution in [2.45, 2.75) is 0 Å². The molecule has 0 radical (unpaired) electrons. The number of thiophene rings is 1. The predicted octanol–water partition coefficient (Wildman–Crippen LogP) is 3.46. The van der Waals surface area contributed by atoms with Gasteiger partial charge in [-0.25, -0.2) is 4.79 Å². The Labute approximate surface area is 141 Å². The second-order valence-electron chi connectivity index (χ2n) is 4.54. The third-order valence-corrected chi connectivity index (χ3v) is 3.83. The van der Waals surface area contributed by atoms with Gasteiger partial charge in [0, 0.05) is 0 Å². The minimum Gasteiger partial charge on any atom is -0.497 e. The zero-order chi connectivity index (χ0) is 16.9. The van der Waals surface area contributed by atoms with Gasteiger partial charge in [0.2, 0.25) is 0 Å². The molecule has 2 heterocycles. The number of nitrogens with zero attached hydrogens (tertiary/aromatic N) is 2. The standard InChI is InChI=1S/C15H14N4O4S/c1-21-9-5-6-11(22-2)10(8-9)13-18-19-15(23-13)17-14(20)16-12-4-3-7-24-12/h3-8H,1-2H3,(H2,16,17,19,20). The van der Waals surface area contributed by atoms with Gasteiger partial charge in [-0.05, 0) is 35.7 Å². The monoisotopic (exact) mass is 346 g/mol. The van der Waals surface area contributed by atoms with Crippen LogP contribution in [0.1, 0.15) is 0 Å². The van der Waals surface area contributed by atoms with E-state index in [1.165, 1.54) is 18.4 Å². The van der Waals surface area contributed by atoms with Crippen LogP contribution in [0.5, 0.6) is 11.5 Å². The van der Waals surface area contributed by atoms with Gasteiger partial charge in [-0.3, -0.25) is 10.6 Å². The Morgan fingerprint density at radius 2 is 2.04 bits per heavy atom. The first-order chi connectivity index (χ1) is 11.7. The van der Waals surface area contributed by atoms with E-state index in [-0.39, 0.29) is 11.9 Å². The SMILES string of the molecule is COc1ccc(OC)c(-c2nnc(NC(=O)Nc3cccs3)o2)c1. The van der Waals surface area contributed by atoms with E-state index in [9.17, 15) is 4.79 Å². The Bertz CT molecular complexity index is 832. The molecule has 8 nitrogen and oxygen atoms in total. The molecular formula is C15H14N4O4S. The molecule has 0 atom stereocenters. The third kappa shape index (κ3) is 3.46. The summed E-state index contributed by atoms with van der Waals surface area (Å²) in [6.45, 7) is 0. The second kappa shape index (κ2) is 7.01. The average molecular weight is 346 g/mol. The molecule has 1 aromatic carbocycles. The maximum atomic E-state index is 11.9. The highest BCUT2D eigenvalue weighted by Gasteiger charge is 2.16. The zero-order valence-corrected chi connectivity index (χ0v) is 13.7. The summed E-state index contributed by atoms with van der Waals surface area (Å²) < 4.78 is 15.9. The van der Waals surface area contributed by atoms with Gasteiger partial charge >= 0.3 is 12.0 Å². The van der Waals surface area contributed by atoms with Crippen LogP contribution in [-0.2, 0) is 0 Å². The van der Waals surface area contributed by atoms with Crippen molar-refractivity contribution in [3.05, 3.63) is 35.7 Å². The first-order valence-electron chi connectivity index (χ1n) is 6.87. The molecule has 3 aromatic rings. The molecule has 3 rings (SSSR count). The van der Waals surface area contributed by atoms with Gasteiger partial charge in [0.1, 0.15) is 11.5 Å². The molecule has 0 aliphatic rings.